The quantitative estimate of drug-likeness (QED) is 0.704. The molecule has 0 heterocycles. The van der Waals surface area contributed by atoms with Crippen molar-refractivity contribution in [1.82, 2.24) is 5.32 Å². The summed E-state index contributed by atoms with van der Waals surface area (Å²) in [7, 11) is 0. The highest BCUT2D eigenvalue weighted by molar-refractivity contribution is 5.30. The van der Waals surface area contributed by atoms with Crippen molar-refractivity contribution in [1.29, 1.82) is 0 Å². The second kappa shape index (κ2) is 8.21. The van der Waals surface area contributed by atoms with Crippen LogP contribution in [0.3, 0.4) is 0 Å². The molecule has 0 radical (unpaired) electrons. The Bertz CT molecular complexity index is 360. The number of nitrogens with one attached hydrogen (secondary N) is 1. The van der Waals surface area contributed by atoms with E-state index in [0.717, 1.165) is 25.1 Å². The Kier molecular flexibility index (Phi) is 6.93. The lowest BCUT2D eigenvalue weighted by Gasteiger charge is -2.16. The maximum absolute atomic E-state index is 5.98. The van der Waals surface area contributed by atoms with Gasteiger partial charge in [-0.2, -0.15) is 0 Å². The Labute approximate surface area is 118 Å². The van der Waals surface area contributed by atoms with E-state index >= 15 is 0 Å². The molecule has 0 aromatic heterocycles. The summed E-state index contributed by atoms with van der Waals surface area (Å²) < 4.78 is 5.98. The van der Waals surface area contributed by atoms with Crippen LogP contribution in [0.4, 0.5) is 0 Å². The molecule has 0 fully saturated rings. The first-order chi connectivity index (χ1) is 8.99. The van der Waals surface area contributed by atoms with Crippen molar-refractivity contribution >= 4 is 0 Å². The highest BCUT2D eigenvalue weighted by atomic mass is 16.5. The average molecular weight is 263 g/mol. The molecule has 19 heavy (non-hydrogen) atoms. The third-order valence-corrected chi connectivity index (χ3v) is 3.20. The maximum atomic E-state index is 5.98. The van der Waals surface area contributed by atoms with Gasteiger partial charge in [0.15, 0.2) is 0 Å². The summed E-state index contributed by atoms with van der Waals surface area (Å²) in [5.41, 5.74) is 1.34. The molecule has 2 heteroatoms. The van der Waals surface area contributed by atoms with Crippen LogP contribution in [0.5, 0.6) is 5.75 Å². The van der Waals surface area contributed by atoms with E-state index in [4.69, 9.17) is 4.74 Å². The molecule has 0 bridgehead atoms. The monoisotopic (exact) mass is 263 g/mol. The third kappa shape index (κ3) is 6.63. The van der Waals surface area contributed by atoms with Crippen LogP contribution in [-0.2, 0) is 0 Å². The number of ether oxygens (including phenoxy) is 1. The molecule has 1 rings (SSSR count). The van der Waals surface area contributed by atoms with Crippen LogP contribution in [0.15, 0.2) is 24.3 Å². The van der Waals surface area contributed by atoms with Crippen LogP contribution < -0.4 is 10.1 Å². The molecule has 0 spiro atoms. The molecule has 0 amide bonds. The van der Waals surface area contributed by atoms with Gasteiger partial charge in [-0.15, -0.1) is 0 Å². The Balaban J connectivity index is 2.35. The second-order valence-electron chi connectivity index (χ2n) is 5.91. The number of benzene rings is 1. The molecule has 1 N–H and O–H groups in total. The van der Waals surface area contributed by atoms with Gasteiger partial charge in [0.2, 0.25) is 0 Å². The molecule has 0 saturated heterocycles. The van der Waals surface area contributed by atoms with Crippen LogP contribution >= 0.6 is 0 Å². The Morgan fingerprint density at radius 2 is 1.84 bits per heavy atom. The van der Waals surface area contributed by atoms with E-state index in [1.165, 1.54) is 5.56 Å². The first-order valence-corrected chi connectivity index (χ1v) is 7.49. The summed E-state index contributed by atoms with van der Waals surface area (Å²) >= 11 is 0. The summed E-state index contributed by atoms with van der Waals surface area (Å²) in [5, 5.41) is 3.43. The fraction of sp³-hybridized carbons (Fsp3) is 0.647. The minimum atomic E-state index is 0.274. The highest BCUT2D eigenvalue weighted by Crippen LogP contribution is 2.21. The number of rotatable bonds is 8. The van der Waals surface area contributed by atoms with Gasteiger partial charge in [0, 0.05) is 6.04 Å². The first-order valence-electron chi connectivity index (χ1n) is 7.49. The smallest absolute Gasteiger partial charge is 0.119 e. The zero-order valence-electron chi connectivity index (χ0n) is 13.1. The molecular weight excluding hydrogens is 234 g/mol. The van der Waals surface area contributed by atoms with Crippen molar-refractivity contribution in [3.05, 3.63) is 29.8 Å². The molecule has 1 unspecified atom stereocenters. The van der Waals surface area contributed by atoms with E-state index in [9.17, 15) is 0 Å². The molecule has 0 aliphatic carbocycles. The van der Waals surface area contributed by atoms with Crippen molar-refractivity contribution in [3.63, 3.8) is 0 Å². The lowest BCUT2D eigenvalue weighted by atomic mass is 10.0. The van der Waals surface area contributed by atoms with Gasteiger partial charge in [0.25, 0.3) is 0 Å². The van der Waals surface area contributed by atoms with Crippen molar-refractivity contribution in [2.75, 3.05) is 6.54 Å². The van der Waals surface area contributed by atoms with Crippen molar-refractivity contribution in [2.45, 2.75) is 65.5 Å². The molecule has 1 aromatic carbocycles. The summed E-state index contributed by atoms with van der Waals surface area (Å²) in [4.78, 5) is 0. The zero-order chi connectivity index (χ0) is 14.3. The standard InChI is InChI=1S/C17H29NO/c1-13(2)16-9-6-10-17(12-16)19-15(5)8-7-11-18-14(3)4/h6,9-10,12-15,18H,7-8,11H2,1-5H3. The van der Waals surface area contributed by atoms with Crippen LogP contribution in [0, 0.1) is 0 Å². The van der Waals surface area contributed by atoms with Crippen LogP contribution in [-0.4, -0.2) is 18.7 Å². The molecular formula is C17H29NO. The van der Waals surface area contributed by atoms with E-state index in [0.29, 0.717) is 12.0 Å². The first kappa shape index (κ1) is 16.0. The zero-order valence-corrected chi connectivity index (χ0v) is 13.1. The summed E-state index contributed by atoms with van der Waals surface area (Å²) in [5.74, 6) is 1.55. The molecule has 0 aliphatic heterocycles. The van der Waals surface area contributed by atoms with Gasteiger partial charge in [0.05, 0.1) is 6.10 Å². The molecule has 0 aliphatic rings. The Morgan fingerprint density at radius 3 is 2.47 bits per heavy atom. The van der Waals surface area contributed by atoms with Gasteiger partial charge >= 0.3 is 0 Å². The number of hydrogen-bond donors (Lipinski definition) is 1. The van der Waals surface area contributed by atoms with Gasteiger partial charge in [0.1, 0.15) is 5.75 Å². The predicted molar refractivity (Wildman–Crippen MR) is 83.0 cm³/mol. The average Bonchev–Trinajstić information content (AvgIpc) is 2.34. The summed E-state index contributed by atoms with van der Waals surface area (Å²) in [6.45, 7) is 12.0. The predicted octanol–water partition coefficient (Wildman–Crippen LogP) is 4.36. The number of hydrogen-bond acceptors (Lipinski definition) is 2. The topological polar surface area (TPSA) is 21.3 Å². The maximum Gasteiger partial charge on any atom is 0.119 e. The van der Waals surface area contributed by atoms with E-state index in [2.05, 4.69) is 64.2 Å². The van der Waals surface area contributed by atoms with Gasteiger partial charge in [-0.1, -0.05) is 39.8 Å². The molecule has 0 saturated carbocycles. The van der Waals surface area contributed by atoms with Gasteiger partial charge < -0.3 is 10.1 Å². The Morgan fingerprint density at radius 1 is 1.11 bits per heavy atom. The van der Waals surface area contributed by atoms with E-state index in [-0.39, 0.29) is 6.10 Å². The van der Waals surface area contributed by atoms with E-state index < -0.39 is 0 Å². The largest absolute Gasteiger partial charge is 0.491 e. The molecule has 1 aromatic rings. The van der Waals surface area contributed by atoms with Gasteiger partial charge in [-0.25, -0.2) is 0 Å². The van der Waals surface area contributed by atoms with Crippen LogP contribution in [0.1, 0.15) is 58.9 Å². The highest BCUT2D eigenvalue weighted by Gasteiger charge is 2.06. The minimum Gasteiger partial charge on any atom is -0.491 e. The van der Waals surface area contributed by atoms with E-state index in [1.54, 1.807) is 0 Å². The lowest BCUT2D eigenvalue weighted by molar-refractivity contribution is 0.207. The third-order valence-electron chi connectivity index (χ3n) is 3.20. The fourth-order valence-corrected chi connectivity index (χ4v) is 2.02. The fourth-order valence-electron chi connectivity index (χ4n) is 2.02. The van der Waals surface area contributed by atoms with Gasteiger partial charge in [-0.05, 0) is 49.9 Å². The molecule has 1 atom stereocenters. The van der Waals surface area contributed by atoms with Crippen molar-refractivity contribution in [2.24, 2.45) is 0 Å². The summed E-state index contributed by atoms with van der Waals surface area (Å²) in [6, 6.07) is 9.02. The molecule has 2 nitrogen and oxygen atoms in total. The van der Waals surface area contributed by atoms with Crippen molar-refractivity contribution in [3.8, 4) is 5.75 Å². The lowest BCUT2D eigenvalue weighted by Crippen LogP contribution is -2.25. The van der Waals surface area contributed by atoms with E-state index in [1.807, 2.05) is 0 Å². The summed E-state index contributed by atoms with van der Waals surface area (Å²) in [6.07, 6.45) is 2.52. The minimum absolute atomic E-state index is 0.274. The normalized spacial score (nSPS) is 13.0. The van der Waals surface area contributed by atoms with Crippen LogP contribution in [0.2, 0.25) is 0 Å². The Hall–Kier alpha value is -1.02. The SMILES string of the molecule is CC(C)NCCCC(C)Oc1cccc(C(C)C)c1. The van der Waals surface area contributed by atoms with Crippen molar-refractivity contribution < 1.29 is 4.74 Å². The second-order valence-corrected chi connectivity index (χ2v) is 5.91. The molecule has 108 valence electrons. The van der Waals surface area contributed by atoms with Crippen LogP contribution in [0.25, 0.3) is 0 Å². The van der Waals surface area contributed by atoms with Gasteiger partial charge in [-0.3, -0.25) is 0 Å².